The lowest BCUT2D eigenvalue weighted by molar-refractivity contribution is -0.121. The van der Waals surface area contributed by atoms with Gasteiger partial charge in [0.25, 0.3) is 0 Å². The molecule has 3 heteroatoms. The first kappa shape index (κ1) is 23.1. The maximum atomic E-state index is 13.2. The van der Waals surface area contributed by atoms with Crippen molar-refractivity contribution in [2.45, 2.75) is 68.2 Å². The number of benzene rings is 1. The molecule has 0 amide bonds. The number of ketones is 1. The molecule has 27 heavy (non-hydrogen) atoms. The molecule has 0 fully saturated rings. The van der Waals surface area contributed by atoms with Gasteiger partial charge in [0, 0.05) is 9.93 Å². The molecule has 1 atom stereocenters. The van der Waals surface area contributed by atoms with Crippen LogP contribution in [0, 0.1) is 23.2 Å². The Hall–Kier alpha value is -0.170. The van der Waals surface area contributed by atoms with Crippen molar-refractivity contribution in [3.05, 3.63) is 43.1 Å². The average molecular weight is 592 g/mol. The third kappa shape index (κ3) is 4.88. The summed E-state index contributed by atoms with van der Waals surface area (Å²) in [4.78, 5) is 13.2. The Morgan fingerprint density at radius 2 is 1.67 bits per heavy atom. The van der Waals surface area contributed by atoms with Gasteiger partial charge in [-0.2, -0.15) is 0 Å². The predicted octanol–water partition coefficient (Wildman–Crippen LogP) is 7.56. The third-order valence-electron chi connectivity index (χ3n) is 6.92. The molecular formula is C24H34I2O. The molecule has 2 rings (SSSR count). The second kappa shape index (κ2) is 8.68. The van der Waals surface area contributed by atoms with Gasteiger partial charge in [-0.15, -0.1) is 0 Å². The fourth-order valence-electron chi connectivity index (χ4n) is 3.47. The van der Waals surface area contributed by atoms with Crippen molar-refractivity contribution in [3.8, 4) is 0 Å². The average Bonchev–Trinajstić information content (AvgIpc) is 2.61. The van der Waals surface area contributed by atoms with Gasteiger partial charge in [-0.3, -0.25) is 4.79 Å². The molecule has 0 aliphatic carbocycles. The third-order valence-corrected chi connectivity index (χ3v) is 14.3. The highest BCUT2D eigenvalue weighted by Gasteiger charge is 2.48. The summed E-state index contributed by atoms with van der Waals surface area (Å²) in [7, 11) is 0. The summed E-state index contributed by atoms with van der Waals surface area (Å²) in [6.07, 6.45) is 1.71. The monoisotopic (exact) mass is 592 g/mol. The first-order chi connectivity index (χ1) is 12.4. The number of carbonyl (C=O) groups is 1. The van der Waals surface area contributed by atoms with Crippen LogP contribution in [0.15, 0.2) is 31.9 Å². The minimum atomic E-state index is -0.319. The molecule has 150 valence electrons. The number of hydrogen-bond donors (Lipinski definition) is 0. The van der Waals surface area contributed by atoms with Gasteiger partial charge in [-0.1, -0.05) is 114 Å². The first-order valence-corrected chi connectivity index (χ1v) is 14.3. The number of rotatable bonds is 6. The second-order valence-electron chi connectivity index (χ2n) is 9.34. The Bertz CT molecular complexity index is 806. The van der Waals surface area contributed by atoms with E-state index in [4.69, 9.17) is 0 Å². The van der Waals surface area contributed by atoms with Gasteiger partial charge in [0.2, 0.25) is 0 Å². The van der Waals surface area contributed by atoms with Gasteiger partial charge in [-0.05, 0) is 48.8 Å². The van der Waals surface area contributed by atoms with Crippen LogP contribution in [0.4, 0.5) is 0 Å². The van der Waals surface area contributed by atoms with Crippen LogP contribution in [0.5, 0.6) is 0 Å². The normalized spacial score (nSPS) is 17.8. The van der Waals surface area contributed by atoms with Crippen molar-refractivity contribution in [1.82, 2.24) is 0 Å². The fourth-order valence-corrected chi connectivity index (χ4v) is 10.5. The summed E-state index contributed by atoms with van der Waals surface area (Å²) in [5, 5.41) is 0. The summed E-state index contributed by atoms with van der Waals surface area (Å²) in [6, 6.07) is 8.63. The number of allylic oxidation sites excluding steroid dienone is 1. The van der Waals surface area contributed by atoms with Gasteiger partial charge in [0.1, 0.15) is 0 Å². The Kier molecular flexibility index (Phi) is 7.43. The summed E-state index contributed by atoms with van der Waals surface area (Å²) in [5.74, 6) is 0.407. The molecule has 0 bridgehead atoms. The number of hydrogen-bond acceptors (Lipinski definition) is 1. The van der Waals surface area contributed by atoms with Gasteiger partial charge >= 0.3 is 0 Å². The molecule has 1 aliphatic heterocycles. The predicted molar refractivity (Wildman–Crippen MR) is 139 cm³/mol. The van der Waals surface area contributed by atoms with E-state index in [9.17, 15) is 4.79 Å². The SMILES string of the molecule is CCC(C)(CC(=O)C1=CI=C(c2ccccc2C)C=I1)C(C)(C)C(C)(C)C. The minimum absolute atomic E-state index is 0.0191. The summed E-state index contributed by atoms with van der Waals surface area (Å²) in [6.45, 7) is 18.4. The van der Waals surface area contributed by atoms with Crippen LogP contribution in [0.3, 0.4) is 0 Å². The maximum Gasteiger partial charge on any atom is 0.169 e. The van der Waals surface area contributed by atoms with Crippen molar-refractivity contribution in [2.24, 2.45) is 16.2 Å². The van der Waals surface area contributed by atoms with Gasteiger partial charge in [0.15, 0.2) is 5.78 Å². The second-order valence-corrected chi connectivity index (χ2v) is 14.2. The topological polar surface area (TPSA) is 17.1 Å². The van der Waals surface area contributed by atoms with Crippen LogP contribution in [0.1, 0.15) is 72.4 Å². The molecule has 0 saturated carbocycles. The fraction of sp³-hybridized carbons (Fsp3) is 0.542. The van der Waals surface area contributed by atoms with Crippen LogP contribution in [0.2, 0.25) is 0 Å². The smallest absolute Gasteiger partial charge is 0.169 e. The molecule has 1 aliphatic rings. The zero-order valence-electron chi connectivity index (χ0n) is 18.0. The van der Waals surface area contributed by atoms with Crippen LogP contribution in [0.25, 0.3) is 0 Å². The van der Waals surface area contributed by atoms with Crippen LogP contribution in [-0.2, 0) is 4.79 Å². The molecule has 1 nitrogen and oxygen atoms in total. The molecule has 1 aromatic carbocycles. The van der Waals surface area contributed by atoms with E-state index in [1.807, 2.05) is 0 Å². The molecule has 0 N–H and O–H groups in total. The zero-order valence-corrected chi connectivity index (χ0v) is 22.4. The molecule has 1 heterocycles. The Balaban J connectivity index is 2.24. The Morgan fingerprint density at radius 1 is 1.04 bits per heavy atom. The van der Waals surface area contributed by atoms with E-state index in [0.717, 1.165) is 10.0 Å². The standard InChI is InChI=1S/C24H34I2O/c1-9-24(8,23(6,7)22(3,4)5)14-21(27)20-16-25-19(15-26-20)18-13-11-10-12-17(18)2/h10-13,15-16H,9,14H2,1-8H3. The highest BCUT2D eigenvalue weighted by atomic mass is 127. The Labute approximate surface area is 185 Å². The lowest BCUT2D eigenvalue weighted by Crippen LogP contribution is -2.45. The molecule has 0 aromatic heterocycles. The Morgan fingerprint density at radius 3 is 2.15 bits per heavy atom. The number of aryl methyl sites for hydroxylation is 1. The maximum absolute atomic E-state index is 13.2. The van der Waals surface area contributed by atoms with E-state index < -0.39 is 0 Å². The van der Waals surface area contributed by atoms with Crippen molar-refractivity contribution in [3.63, 3.8) is 0 Å². The lowest BCUT2D eigenvalue weighted by Gasteiger charge is -2.52. The molecule has 0 saturated heterocycles. The van der Waals surface area contributed by atoms with E-state index in [2.05, 4.69) is 87.7 Å². The molecule has 0 radical (unpaired) electrons. The van der Waals surface area contributed by atoms with Crippen molar-refractivity contribution >= 4 is 54.8 Å². The van der Waals surface area contributed by atoms with Gasteiger partial charge in [-0.25, -0.2) is 0 Å². The molecular weight excluding hydrogens is 558 g/mol. The van der Waals surface area contributed by atoms with E-state index >= 15 is 0 Å². The van der Waals surface area contributed by atoms with Crippen molar-refractivity contribution in [1.29, 1.82) is 0 Å². The van der Waals surface area contributed by atoms with E-state index in [-0.39, 0.29) is 57.7 Å². The van der Waals surface area contributed by atoms with Crippen molar-refractivity contribution < 1.29 is 4.79 Å². The molecule has 1 unspecified atom stereocenters. The zero-order chi connectivity index (χ0) is 20.5. The van der Waals surface area contributed by atoms with E-state index in [1.165, 1.54) is 14.6 Å². The van der Waals surface area contributed by atoms with E-state index in [1.54, 1.807) is 0 Å². The number of Topliss-reactive ketones (excluding diaryl/α,β-unsaturated/α-hetero) is 1. The lowest BCUT2D eigenvalue weighted by atomic mass is 9.52. The van der Waals surface area contributed by atoms with Gasteiger partial charge < -0.3 is 0 Å². The quantitative estimate of drug-likeness (QED) is 0.312. The van der Waals surface area contributed by atoms with Crippen molar-refractivity contribution in [2.75, 3.05) is 0 Å². The number of carbonyl (C=O) groups excluding carboxylic acids is 1. The molecule has 1 aromatic rings. The number of halogens is 2. The minimum Gasteiger partial charge on any atom is -0.294 e. The van der Waals surface area contributed by atoms with Crippen LogP contribution in [-0.4, -0.2) is 13.3 Å². The largest absolute Gasteiger partial charge is 0.294 e. The first-order valence-electron chi connectivity index (χ1n) is 9.69. The summed E-state index contributed by atoms with van der Waals surface area (Å²) < 4.78 is 7.41. The van der Waals surface area contributed by atoms with Gasteiger partial charge in [0.05, 0.1) is 3.58 Å². The highest BCUT2D eigenvalue weighted by molar-refractivity contribution is 14.2. The van der Waals surface area contributed by atoms with Crippen LogP contribution >= 0.6 is 41.5 Å². The molecule has 0 spiro atoms. The van der Waals surface area contributed by atoms with E-state index in [0.29, 0.717) is 12.2 Å². The summed E-state index contributed by atoms with van der Waals surface area (Å²) >= 11 is -0.532. The van der Waals surface area contributed by atoms with Crippen LogP contribution < -0.4 is 0 Å². The highest BCUT2D eigenvalue weighted by Crippen LogP contribution is 2.55. The summed E-state index contributed by atoms with van der Waals surface area (Å²) in [5.41, 5.74) is 3.01.